The smallest absolute Gasteiger partial charge is 0.310 e. The van der Waals surface area contributed by atoms with Crippen molar-refractivity contribution in [3.8, 4) is 0 Å². The van der Waals surface area contributed by atoms with Crippen molar-refractivity contribution < 1.29 is 14.3 Å². The molecule has 1 amide bonds. The van der Waals surface area contributed by atoms with Gasteiger partial charge in [0.15, 0.2) is 0 Å². The van der Waals surface area contributed by atoms with Crippen molar-refractivity contribution in [2.75, 3.05) is 19.7 Å². The zero-order valence-electron chi connectivity index (χ0n) is 16.7. The molecule has 0 unspecified atom stereocenters. The van der Waals surface area contributed by atoms with E-state index in [9.17, 15) is 9.59 Å². The van der Waals surface area contributed by atoms with Crippen molar-refractivity contribution in [2.24, 2.45) is 5.92 Å². The standard InChI is InChI=1S/C23H23ClN2O3S/c1-2-29-23(28)15-6-5-13-26(14-15)22(27)20-21(18-7-3-4-8-19(18)25-20)30-17-11-9-16(24)10-12-17/h3-4,7-12,15,25H,2,5-6,13-14H2,1H3/t15-/m0/s1. The van der Waals surface area contributed by atoms with Gasteiger partial charge >= 0.3 is 5.97 Å². The first kappa shape index (κ1) is 20.8. The molecule has 30 heavy (non-hydrogen) atoms. The monoisotopic (exact) mass is 442 g/mol. The van der Waals surface area contributed by atoms with Gasteiger partial charge in [-0.1, -0.05) is 41.6 Å². The van der Waals surface area contributed by atoms with Crippen molar-refractivity contribution in [1.29, 1.82) is 0 Å². The predicted molar refractivity (Wildman–Crippen MR) is 119 cm³/mol. The van der Waals surface area contributed by atoms with Gasteiger partial charge in [0.05, 0.1) is 17.4 Å². The third-order valence-corrected chi connectivity index (χ3v) is 6.62. The number of rotatable bonds is 5. The number of aromatic nitrogens is 1. The number of piperidine rings is 1. The summed E-state index contributed by atoms with van der Waals surface area (Å²) in [6.45, 7) is 3.18. The van der Waals surface area contributed by atoms with E-state index in [4.69, 9.17) is 16.3 Å². The summed E-state index contributed by atoms with van der Waals surface area (Å²) in [5.41, 5.74) is 1.47. The molecule has 0 bridgehead atoms. The number of fused-ring (bicyclic) bond motifs is 1. The van der Waals surface area contributed by atoms with E-state index >= 15 is 0 Å². The van der Waals surface area contributed by atoms with Gasteiger partial charge < -0.3 is 14.6 Å². The van der Waals surface area contributed by atoms with Gasteiger partial charge in [-0.25, -0.2) is 0 Å². The highest BCUT2D eigenvalue weighted by molar-refractivity contribution is 7.99. The molecule has 0 radical (unpaired) electrons. The molecule has 2 aromatic carbocycles. The van der Waals surface area contributed by atoms with Crippen LogP contribution in [-0.2, 0) is 9.53 Å². The van der Waals surface area contributed by atoms with E-state index in [2.05, 4.69) is 4.98 Å². The molecule has 1 aromatic heterocycles. The number of halogens is 1. The van der Waals surface area contributed by atoms with Gasteiger partial charge in [-0.3, -0.25) is 9.59 Å². The first-order chi connectivity index (χ1) is 14.6. The number of amides is 1. The third kappa shape index (κ3) is 4.35. The minimum atomic E-state index is -0.264. The van der Waals surface area contributed by atoms with Crippen LogP contribution in [0.15, 0.2) is 58.3 Å². The summed E-state index contributed by atoms with van der Waals surface area (Å²) in [5, 5.41) is 1.67. The number of carbonyl (C=O) groups is 2. The number of esters is 1. The van der Waals surface area contributed by atoms with Crippen LogP contribution in [-0.4, -0.2) is 41.5 Å². The summed E-state index contributed by atoms with van der Waals surface area (Å²) in [7, 11) is 0. The zero-order chi connectivity index (χ0) is 21.1. The molecule has 1 aliphatic heterocycles. The van der Waals surface area contributed by atoms with Crippen LogP contribution in [0.1, 0.15) is 30.3 Å². The van der Waals surface area contributed by atoms with E-state index < -0.39 is 0 Å². The Labute approximate surface area is 184 Å². The van der Waals surface area contributed by atoms with Crippen LogP contribution in [0.4, 0.5) is 0 Å². The molecule has 3 aromatic rings. The van der Waals surface area contributed by atoms with Crippen LogP contribution in [0.2, 0.25) is 5.02 Å². The Kier molecular flexibility index (Phi) is 6.35. The molecule has 1 fully saturated rings. The molecule has 4 rings (SSSR count). The number of nitrogens with zero attached hydrogens (tertiary/aromatic N) is 1. The van der Waals surface area contributed by atoms with Gasteiger partial charge in [0.25, 0.3) is 5.91 Å². The second-order valence-electron chi connectivity index (χ2n) is 7.27. The molecule has 5 nitrogen and oxygen atoms in total. The first-order valence-electron chi connectivity index (χ1n) is 10.1. The van der Waals surface area contributed by atoms with Gasteiger partial charge in [-0.2, -0.15) is 0 Å². The van der Waals surface area contributed by atoms with Crippen molar-refractivity contribution in [1.82, 2.24) is 9.88 Å². The van der Waals surface area contributed by atoms with Gasteiger partial charge in [0, 0.05) is 33.9 Å². The minimum Gasteiger partial charge on any atom is -0.466 e. The van der Waals surface area contributed by atoms with Crippen LogP contribution >= 0.6 is 23.4 Å². The Morgan fingerprint density at radius 2 is 1.97 bits per heavy atom. The second kappa shape index (κ2) is 9.14. The summed E-state index contributed by atoms with van der Waals surface area (Å²) < 4.78 is 5.18. The fourth-order valence-corrected chi connectivity index (χ4v) is 4.93. The summed E-state index contributed by atoms with van der Waals surface area (Å²) >= 11 is 7.56. The Bertz CT molecular complexity index is 1060. The minimum absolute atomic E-state index is 0.0864. The van der Waals surface area contributed by atoms with E-state index in [1.165, 1.54) is 11.8 Å². The summed E-state index contributed by atoms with van der Waals surface area (Å²) in [6, 6.07) is 15.5. The first-order valence-corrected chi connectivity index (χ1v) is 11.3. The third-order valence-electron chi connectivity index (χ3n) is 5.23. The summed E-state index contributed by atoms with van der Waals surface area (Å²) in [5.74, 6) is -0.571. The van der Waals surface area contributed by atoms with Crippen molar-refractivity contribution in [3.05, 3.63) is 59.2 Å². The van der Waals surface area contributed by atoms with E-state index in [1.807, 2.05) is 48.5 Å². The Morgan fingerprint density at radius 3 is 2.73 bits per heavy atom. The van der Waals surface area contributed by atoms with Gasteiger partial charge in [0.1, 0.15) is 5.69 Å². The molecule has 0 saturated carbocycles. The van der Waals surface area contributed by atoms with Crippen molar-refractivity contribution in [2.45, 2.75) is 29.6 Å². The number of benzene rings is 2. The van der Waals surface area contributed by atoms with Crippen molar-refractivity contribution >= 4 is 46.1 Å². The molecule has 0 aliphatic carbocycles. The lowest BCUT2D eigenvalue weighted by Crippen LogP contribution is -2.43. The number of aromatic amines is 1. The predicted octanol–water partition coefficient (Wildman–Crippen LogP) is 5.39. The molecule has 0 spiro atoms. The Hall–Kier alpha value is -2.44. The molecule has 1 saturated heterocycles. The number of H-pyrrole nitrogens is 1. The fraction of sp³-hybridized carbons (Fsp3) is 0.304. The molecule has 156 valence electrons. The molecule has 1 N–H and O–H groups in total. The summed E-state index contributed by atoms with van der Waals surface area (Å²) in [6.07, 6.45) is 1.54. The maximum absolute atomic E-state index is 13.5. The topological polar surface area (TPSA) is 62.4 Å². The number of carbonyl (C=O) groups excluding carboxylic acids is 2. The highest BCUT2D eigenvalue weighted by Gasteiger charge is 2.31. The highest BCUT2D eigenvalue weighted by Crippen LogP contribution is 2.38. The molecule has 1 aliphatic rings. The lowest BCUT2D eigenvalue weighted by Gasteiger charge is -2.31. The maximum Gasteiger partial charge on any atom is 0.310 e. The lowest BCUT2D eigenvalue weighted by atomic mass is 9.98. The lowest BCUT2D eigenvalue weighted by molar-refractivity contribution is -0.149. The van der Waals surface area contributed by atoms with Gasteiger partial charge in [-0.15, -0.1) is 0 Å². The van der Waals surface area contributed by atoms with Crippen LogP contribution in [0.3, 0.4) is 0 Å². The van der Waals surface area contributed by atoms with E-state index in [0.717, 1.165) is 33.5 Å². The Morgan fingerprint density at radius 1 is 1.20 bits per heavy atom. The molecule has 1 atom stereocenters. The maximum atomic E-state index is 13.5. The van der Waals surface area contributed by atoms with Crippen LogP contribution in [0.25, 0.3) is 10.9 Å². The Balaban J connectivity index is 1.65. The fourth-order valence-electron chi connectivity index (χ4n) is 3.77. The van der Waals surface area contributed by atoms with Gasteiger partial charge in [0.2, 0.25) is 0 Å². The summed E-state index contributed by atoms with van der Waals surface area (Å²) in [4.78, 5) is 32.6. The largest absolute Gasteiger partial charge is 0.466 e. The van der Waals surface area contributed by atoms with Gasteiger partial charge in [-0.05, 0) is 50.1 Å². The highest BCUT2D eigenvalue weighted by atomic mass is 35.5. The number of hydrogen-bond acceptors (Lipinski definition) is 4. The zero-order valence-corrected chi connectivity index (χ0v) is 18.3. The van der Waals surface area contributed by atoms with Crippen molar-refractivity contribution in [3.63, 3.8) is 0 Å². The van der Waals surface area contributed by atoms with E-state index in [1.54, 1.807) is 11.8 Å². The SMILES string of the molecule is CCOC(=O)[C@H]1CCCN(C(=O)c2[nH]c3ccccc3c2Sc2ccc(Cl)cc2)C1. The second-order valence-corrected chi connectivity index (χ2v) is 8.79. The number of para-hydroxylation sites is 1. The molecule has 2 heterocycles. The van der Waals surface area contributed by atoms with E-state index in [0.29, 0.717) is 30.4 Å². The molecular formula is C23H23ClN2O3S. The number of hydrogen-bond donors (Lipinski definition) is 1. The molecule has 7 heteroatoms. The average molecular weight is 443 g/mol. The van der Waals surface area contributed by atoms with Crippen LogP contribution < -0.4 is 0 Å². The van der Waals surface area contributed by atoms with Crippen LogP contribution in [0.5, 0.6) is 0 Å². The normalized spacial score (nSPS) is 16.6. The molecular weight excluding hydrogens is 420 g/mol. The number of ether oxygens (including phenoxy) is 1. The number of likely N-dealkylation sites (tertiary alicyclic amines) is 1. The van der Waals surface area contributed by atoms with E-state index in [-0.39, 0.29) is 17.8 Å². The van der Waals surface area contributed by atoms with Crippen LogP contribution in [0, 0.1) is 5.92 Å². The number of nitrogens with one attached hydrogen (secondary N) is 1. The quantitative estimate of drug-likeness (QED) is 0.538. The average Bonchev–Trinajstić information content (AvgIpc) is 3.13.